The molecule has 1 heterocycles. The smallest absolute Gasteiger partial charge is 0.123 e. The minimum absolute atomic E-state index is 0.297. The first-order valence-electron chi connectivity index (χ1n) is 4.07. The molecule has 1 aliphatic heterocycles. The Kier molecular flexibility index (Phi) is 2.77. The van der Waals surface area contributed by atoms with Crippen molar-refractivity contribution in [2.75, 3.05) is 13.1 Å². The fourth-order valence-corrected chi connectivity index (χ4v) is 1.96. The van der Waals surface area contributed by atoms with Crippen molar-refractivity contribution in [3.63, 3.8) is 0 Å². The summed E-state index contributed by atoms with van der Waals surface area (Å²) >= 11 is 9.23. The van der Waals surface area contributed by atoms with Crippen molar-refractivity contribution < 1.29 is 4.74 Å². The van der Waals surface area contributed by atoms with E-state index in [1.54, 1.807) is 0 Å². The molecule has 0 radical (unpaired) electrons. The van der Waals surface area contributed by atoms with Crippen molar-refractivity contribution in [3.05, 3.63) is 27.7 Å². The maximum Gasteiger partial charge on any atom is 0.123 e. The van der Waals surface area contributed by atoms with Gasteiger partial charge in [-0.2, -0.15) is 0 Å². The molecule has 0 spiro atoms. The van der Waals surface area contributed by atoms with Crippen LogP contribution in [0.2, 0.25) is 5.02 Å². The first-order valence-corrected chi connectivity index (χ1v) is 5.24. The fourth-order valence-electron chi connectivity index (χ4n) is 1.13. The van der Waals surface area contributed by atoms with E-state index in [0.29, 0.717) is 11.1 Å². The quantitative estimate of drug-likeness (QED) is 0.884. The normalized spacial score (nSPS) is 16.8. The van der Waals surface area contributed by atoms with Crippen LogP contribution in [0.25, 0.3) is 0 Å². The lowest BCUT2D eigenvalue weighted by Crippen LogP contribution is -2.50. The van der Waals surface area contributed by atoms with E-state index in [-0.39, 0.29) is 0 Å². The van der Waals surface area contributed by atoms with Crippen LogP contribution in [-0.2, 0) is 0 Å². The molecule has 0 saturated carbocycles. The van der Waals surface area contributed by atoms with Crippen LogP contribution < -0.4 is 10.1 Å². The van der Waals surface area contributed by atoms with Crippen LogP contribution in [0.1, 0.15) is 0 Å². The lowest BCUT2D eigenvalue weighted by Gasteiger charge is -2.27. The molecule has 1 saturated heterocycles. The van der Waals surface area contributed by atoms with E-state index in [1.165, 1.54) is 0 Å². The van der Waals surface area contributed by atoms with Crippen molar-refractivity contribution in [2.45, 2.75) is 6.10 Å². The minimum Gasteiger partial charge on any atom is -0.488 e. The van der Waals surface area contributed by atoms with Gasteiger partial charge in [0.2, 0.25) is 0 Å². The Labute approximate surface area is 90.4 Å². The number of hydrogen-bond acceptors (Lipinski definition) is 2. The molecule has 2 nitrogen and oxygen atoms in total. The molecule has 0 aromatic heterocycles. The summed E-state index contributed by atoms with van der Waals surface area (Å²) in [6, 6.07) is 5.59. The number of rotatable bonds is 2. The van der Waals surface area contributed by atoms with Crippen molar-refractivity contribution >= 4 is 27.5 Å². The van der Waals surface area contributed by atoms with Crippen molar-refractivity contribution in [3.8, 4) is 5.75 Å². The van der Waals surface area contributed by atoms with E-state index in [9.17, 15) is 0 Å². The molecule has 0 atom stereocenters. The second-order valence-electron chi connectivity index (χ2n) is 3.00. The van der Waals surface area contributed by atoms with Crippen LogP contribution in [0.4, 0.5) is 0 Å². The van der Waals surface area contributed by atoms with E-state index < -0.39 is 0 Å². The summed E-state index contributed by atoms with van der Waals surface area (Å²) in [4.78, 5) is 0. The Morgan fingerprint density at radius 1 is 1.38 bits per heavy atom. The number of ether oxygens (including phenoxy) is 1. The lowest BCUT2D eigenvalue weighted by molar-refractivity contribution is 0.142. The largest absolute Gasteiger partial charge is 0.488 e. The predicted molar refractivity (Wildman–Crippen MR) is 56.4 cm³/mol. The summed E-state index contributed by atoms with van der Waals surface area (Å²) in [6.07, 6.45) is 0.297. The highest BCUT2D eigenvalue weighted by Gasteiger charge is 2.18. The molecule has 1 N–H and O–H groups in total. The summed E-state index contributed by atoms with van der Waals surface area (Å²) in [6.45, 7) is 1.84. The van der Waals surface area contributed by atoms with E-state index in [4.69, 9.17) is 16.3 Å². The standard InChI is InChI=1S/C9H9BrClNO/c10-6-1-7(11)3-8(2-6)13-9-4-12-5-9/h1-3,9,12H,4-5H2. The molecule has 1 fully saturated rings. The molecule has 0 aliphatic carbocycles. The van der Waals surface area contributed by atoms with Crippen molar-refractivity contribution in [1.29, 1.82) is 0 Å². The van der Waals surface area contributed by atoms with E-state index >= 15 is 0 Å². The molecular weight excluding hydrogens is 253 g/mol. The van der Waals surface area contributed by atoms with Crippen LogP contribution in [0.3, 0.4) is 0 Å². The van der Waals surface area contributed by atoms with Crippen LogP contribution in [0.15, 0.2) is 22.7 Å². The zero-order valence-corrected chi connectivity index (χ0v) is 9.23. The van der Waals surface area contributed by atoms with Crippen LogP contribution >= 0.6 is 27.5 Å². The van der Waals surface area contributed by atoms with Gasteiger partial charge < -0.3 is 10.1 Å². The summed E-state index contributed by atoms with van der Waals surface area (Å²) in [5, 5.41) is 3.83. The summed E-state index contributed by atoms with van der Waals surface area (Å²) in [5.74, 6) is 0.825. The van der Waals surface area contributed by atoms with Crippen LogP contribution in [-0.4, -0.2) is 19.2 Å². The van der Waals surface area contributed by atoms with Crippen LogP contribution in [0.5, 0.6) is 5.75 Å². The van der Waals surface area contributed by atoms with Gasteiger partial charge in [-0.25, -0.2) is 0 Å². The van der Waals surface area contributed by atoms with Gasteiger partial charge in [0.25, 0.3) is 0 Å². The zero-order chi connectivity index (χ0) is 9.26. The van der Waals surface area contributed by atoms with Gasteiger partial charge >= 0.3 is 0 Å². The van der Waals surface area contributed by atoms with Gasteiger partial charge in [0.05, 0.1) is 0 Å². The fraction of sp³-hybridized carbons (Fsp3) is 0.333. The van der Waals surface area contributed by atoms with Gasteiger partial charge in [0.15, 0.2) is 0 Å². The summed E-state index contributed by atoms with van der Waals surface area (Å²) in [7, 11) is 0. The third-order valence-electron chi connectivity index (χ3n) is 1.88. The monoisotopic (exact) mass is 261 g/mol. The van der Waals surface area contributed by atoms with Crippen molar-refractivity contribution in [1.82, 2.24) is 5.32 Å². The maximum absolute atomic E-state index is 5.87. The number of benzene rings is 1. The second-order valence-corrected chi connectivity index (χ2v) is 4.36. The first-order chi connectivity index (χ1) is 6.24. The maximum atomic E-state index is 5.87. The molecule has 0 unspecified atom stereocenters. The second kappa shape index (κ2) is 3.86. The summed E-state index contributed by atoms with van der Waals surface area (Å²) in [5.41, 5.74) is 0. The van der Waals surface area contributed by atoms with Crippen molar-refractivity contribution in [2.24, 2.45) is 0 Å². The SMILES string of the molecule is Clc1cc(Br)cc(OC2CNC2)c1. The van der Waals surface area contributed by atoms with Crippen LogP contribution in [0, 0.1) is 0 Å². The topological polar surface area (TPSA) is 21.3 Å². The highest BCUT2D eigenvalue weighted by Crippen LogP contribution is 2.25. The van der Waals surface area contributed by atoms with Gasteiger partial charge in [-0.15, -0.1) is 0 Å². The average molecular weight is 263 g/mol. The molecule has 13 heavy (non-hydrogen) atoms. The first kappa shape index (κ1) is 9.31. The Hall–Kier alpha value is -0.250. The summed E-state index contributed by atoms with van der Waals surface area (Å²) < 4.78 is 6.58. The predicted octanol–water partition coefficient (Wildman–Crippen LogP) is 2.45. The Morgan fingerprint density at radius 2 is 2.15 bits per heavy atom. The van der Waals surface area contributed by atoms with E-state index in [1.807, 2.05) is 18.2 Å². The molecule has 4 heteroatoms. The molecule has 1 aromatic carbocycles. The number of nitrogens with one attached hydrogen (secondary N) is 1. The van der Waals surface area contributed by atoms with E-state index in [0.717, 1.165) is 23.3 Å². The molecule has 2 rings (SSSR count). The third-order valence-corrected chi connectivity index (χ3v) is 2.56. The van der Waals surface area contributed by atoms with Gasteiger partial charge in [-0.3, -0.25) is 0 Å². The number of hydrogen-bond donors (Lipinski definition) is 1. The molecular formula is C9H9BrClNO. The number of halogens is 2. The Balaban J connectivity index is 2.10. The molecule has 0 bridgehead atoms. The zero-order valence-electron chi connectivity index (χ0n) is 6.89. The Bertz CT molecular complexity index is 294. The van der Waals surface area contributed by atoms with Gasteiger partial charge in [0.1, 0.15) is 11.9 Å². The lowest BCUT2D eigenvalue weighted by atomic mass is 10.2. The van der Waals surface area contributed by atoms with Gasteiger partial charge in [0, 0.05) is 22.6 Å². The molecule has 1 aliphatic rings. The Morgan fingerprint density at radius 3 is 2.69 bits per heavy atom. The minimum atomic E-state index is 0.297. The molecule has 0 amide bonds. The van der Waals surface area contributed by atoms with E-state index in [2.05, 4.69) is 21.2 Å². The highest BCUT2D eigenvalue weighted by atomic mass is 79.9. The third kappa shape index (κ3) is 2.36. The molecule has 70 valence electrons. The highest BCUT2D eigenvalue weighted by molar-refractivity contribution is 9.10. The van der Waals surface area contributed by atoms with Gasteiger partial charge in [-0.05, 0) is 18.2 Å². The average Bonchev–Trinajstić information content (AvgIpc) is 1.95. The van der Waals surface area contributed by atoms with Gasteiger partial charge in [-0.1, -0.05) is 27.5 Å². The molecule has 1 aromatic rings.